The van der Waals surface area contributed by atoms with E-state index in [-0.39, 0.29) is 23.8 Å². The lowest BCUT2D eigenvalue weighted by Gasteiger charge is -2.49. The first-order valence-corrected chi connectivity index (χ1v) is 13.8. The van der Waals surface area contributed by atoms with Gasteiger partial charge < -0.3 is 4.74 Å². The third kappa shape index (κ3) is 5.97. The van der Waals surface area contributed by atoms with Crippen LogP contribution in [0.2, 0.25) is 5.02 Å². The van der Waals surface area contributed by atoms with Crippen LogP contribution in [0.3, 0.4) is 0 Å². The van der Waals surface area contributed by atoms with E-state index in [4.69, 9.17) is 16.3 Å². The molecule has 1 aliphatic heterocycles. The van der Waals surface area contributed by atoms with Gasteiger partial charge in [-0.05, 0) is 61.6 Å². The molecular weight excluding hydrogens is 462 g/mol. The molecule has 0 spiro atoms. The molecule has 1 aliphatic carbocycles. The Morgan fingerprint density at radius 2 is 1.58 bits per heavy atom. The van der Waals surface area contributed by atoms with Crippen molar-refractivity contribution in [3.8, 4) is 5.75 Å². The molecule has 2 nitrogen and oxygen atoms in total. The zero-order chi connectivity index (χ0) is 25.2. The summed E-state index contributed by atoms with van der Waals surface area (Å²) in [4.78, 5) is 0.579. The Bertz CT molecular complexity index is 888. The van der Waals surface area contributed by atoms with E-state index in [2.05, 4.69) is 6.92 Å². The molecule has 0 N–H and O–H groups in total. The molecular formula is C27H39ClF2O2S. The summed E-state index contributed by atoms with van der Waals surface area (Å²) in [6.45, 7) is 14.4. The Hall–Kier alpha value is -1.46. The number of hydrogen-bond donors (Lipinski definition) is 0. The second-order valence-corrected chi connectivity index (χ2v) is 9.58. The molecule has 6 heteroatoms. The van der Waals surface area contributed by atoms with E-state index in [0.29, 0.717) is 22.3 Å². The zero-order valence-electron chi connectivity index (χ0n) is 21.0. The van der Waals surface area contributed by atoms with Crippen LogP contribution in [0.25, 0.3) is 0 Å². The van der Waals surface area contributed by atoms with E-state index in [1.54, 1.807) is 24.3 Å². The van der Waals surface area contributed by atoms with Crippen LogP contribution in [0.1, 0.15) is 79.7 Å². The molecule has 2 aromatic carbocycles. The van der Waals surface area contributed by atoms with Crippen LogP contribution >= 0.6 is 11.6 Å². The molecule has 4 atom stereocenters. The van der Waals surface area contributed by atoms with Gasteiger partial charge in [0.25, 0.3) is 0 Å². The molecule has 4 rings (SSSR count). The summed E-state index contributed by atoms with van der Waals surface area (Å²) in [5.41, 5.74) is 0.140. The van der Waals surface area contributed by atoms with E-state index in [9.17, 15) is 13.0 Å². The Kier molecular flexibility index (Phi) is 12.6. The Labute approximate surface area is 206 Å². The summed E-state index contributed by atoms with van der Waals surface area (Å²) >= 11 is 5.97. The van der Waals surface area contributed by atoms with Crippen molar-refractivity contribution < 1.29 is 17.7 Å². The first-order valence-electron chi connectivity index (χ1n) is 12.3. The van der Waals surface area contributed by atoms with Crippen LogP contribution < -0.4 is 4.74 Å². The number of rotatable bonds is 3. The van der Waals surface area contributed by atoms with Gasteiger partial charge in [-0.25, -0.2) is 8.78 Å². The molecule has 1 saturated carbocycles. The van der Waals surface area contributed by atoms with Gasteiger partial charge in [0.1, 0.15) is 5.82 Å². The van der Waals surface area contributed by atoms with Crippen molar-refractivity contribution in [2.45, 2.75) is 83.8 Å². The Balaban J connectivity index is 0.000000841. The van der Waals surface area contributed by atoms with E-state index < -0.39 is 27.2 Å². The van der Waals surface area contributed by atoms with E-state index in [1.165, 1.54) is 0 Å². The van der Waals surface area contributed by atoms with Gasteiger partial charge in [-0.3, -0.25) is 4.21 Å². The number of hydrogen-bond acceptors (Lipinski definition) is 2. The third-order valence-corrected chi connectivity index (χ3v) is 8.40. The SMILES string of the molecule is CC.CC.CC.CCC1CC[C@@]2(S(=O)c3ccc(Cl)cc3)c3c(F)ccc(F)c3OCC2C1. The first kappa shape index (κ1) is 29.6. The molecule has 0 bridgehead atoms. The third-order valence-electron chi connectivity index (χ3n) is 6.05. The summed E-state index contributed by atoms with van der Waals surface area (Å²) in [5, 5.41) is 0.545. The van der Waals surface area contributed by atoms with E-state index in [1.807, 2.05) is 41.5 Å². The quantitative estimate of drug-likeness (QED) is 0.420. The molecule has 1 fully saturated rings. The van der Waals surface area contributed by atoms with Crippen molar-refractivity contribution in [1.82, 2.24) is 0 Å². The fourth-order valence-electron chi connectivity index (χ4n) is 4.59. The summed E-state index contributed by atoms with van der Waals surface area (Å²) in [7, 11) is -1.56. The minimum atomic E-state index is -1.56. The lowest BCUT2D eigenvalue weighted by atomic mass is 9.68. The number of halogens is 3. The van der Waals surface area contributed by atoms with Gasteiger partial charge in [-0.1, -0.05) is 66.5 Å². The zero-order valence-corrected chi connectivity index (χ0v) is 22.6. The predicted molar refractivity (Wildman–Crippen MR) is 137 cm³/mol. The maximum absolute atomic E-state index is 15.0. The summed E-state index contributed by atoms with van der Waals surface area (Å²) in [6, 6.07) is 8.98. The largest absolute Gasteiger partial charge is 0.490 e. The highest BCUT2D eigenvalue weighted by atomic mass is 35.5. The monoisotopic (exact) mass is 500 g/mol. The Morgan fingerprint density at radius 1 is 1.00 bits per heavy atom. The maximum atomic E-state index is 15.0. The van der Waals surface area contributed by atoms with Crippen LogP contribution in [-0.2, 0) is 15.5 Å². The fourth-order valence-corrected chi connectivity index (χ4v) is 6.67. The van der Waals surface area contributed by atoms with Crippen molar-refractivity contribution in [3.05, 3.63) is 58.6 Å². The Morgan fingerprint density at radius 3 is 2.15 bits per heavy atom. The van der Waals surface area contributed by atoms with Gasteiger partial charge in [0.2, 0.25) is 0 Å². The highest BCUT2D eigenvalue weighted by Gasteiger charge is 2.55. The summed E-state index contributed by atoms with van der Waals surface area (Å²) in [5.74, 6) is -0.879. The number of benzene rings is 2. The minimum absolute atomic E-state index is 0.0801. The normalized spacial score (nSPS) is 23.5. The fraction of sp³-hybridized carbons (Fsp3) is 0.556. The van der Waals surface area contributed by atoms with Crippen molar-refractivity contribution in [1.29, 1.82) is 0 Å². The van der Waals surface area contributed by atoms with Gasteiger partial charge in [-0.15, -0.1) is 0 Å². The standard InChI is InChI=1S/C21H21ClF2O2S.3C2H6/c1-2-13-9-10-21(27(25)16-5-3-15(22)4-6-16)14(11-13)12-26-20-18(24)8-7-17(23)19(20)21;3*1-2/h3-8,13-14H,2,9-12H2,1H3;3*1-2H3/t13?,14?,21-,27?;;;/m0.../s1. The van der Waals surface area contributed by atoms with Gasteiger partial charge in [0.15, 0.2) is 11.6 Å². The van der Waals surface area contributed by atoms with Crippen LogP contribution in [0.15, 0.2) is 41.3 Å². The molecule has 33 heavy (non-hydrogen) atoms. The average Bonchev–Trinajstić information content (AvgIpc) is 2.89. The molecule has 0 amide bonds. The minimum Gasteiger partial charge on any atom is -0.490 e. The molecule has 2 aliphatic rings. The van der Waals surface area contributed by atoms with Crippen molar-refractivity contribution >= 4 is 22.4 Å². The summed E-state index contributed by atoms with van der Waals surface area (Å²) < 4.78 is 47.9. The molecule has 3 unspecified atom stereocenters. The highest BCUT2D eigenvalue weighted by Crippen LogP contribution is 2.56. The topological polar surface area (TPSA) is 26.3 Å². The highest BCUT2D eigenvalue weighted by molar-refractivity contribution is 7.86. The average molecular weight is 501 g/mol. The second kappa shape index (κ2) is 14.1. The van der Waals surface area contributed by atoms with Crippen molar-refractivity contribution in [3.63, 3.8) is 0 Å². The van der Waals surface area contributed by atoms with Crippen LogP contribution in [0.4, 0.5) is 8.78 Å². The van der Waals surface area contributed by atoms with Crippen molar-refractivity contribution in [2.75, 3.05) is 6.61 Å². The summed E-state index contributed by atoms with van der Waals surface area (Å²) in [6.07, 6.45) is 3.19. The molecule has 0 radical (unpaired) electrons. The molecule has 2 aromatic rings. The first-order chi connectivity index (χ1) is 16.0. The van der Waals surface area contributed by atoms with Crippen molar-refractivity contribution in [2.24, 2.45) is 11.8 Å². The smallest absolute Gasteiger partial charge is 0.165 e. The predicted octanol–water partition coefficient (Wildman–Crippen LogP) is 8.92. The van der Waals surface area contributed by atoms with Crippen LogP contribution in [-0.4, -0.2) is 10.8 Å². The maximum Gasteiger partial charge on any atom is 0.165 e. The van der Waals surface area contributed by atoms with Gasteiger partial charge in [-0.2, -0.15) is 0 Å². The molecule has 186 valence electrons. The lowest BCUT2D eigenvalue weighted by molar-refractivity contribution is 0.0997. The molecule has 0 aromatic heterocycles. The number of fused-ring (bicyclic) bond motifs is 3. The van der Waals surface area contributed by atoms with Gasteiger partial charge in [0.05, 0.1) is 27.7 Å². The van der Waals surface area contributed by atoms with Gasteiger partial charge in [0, 0.05) is 15.8 Å². The second-order valence-electron chi connectivity index (χ2n) is 7.40. The van der Waals surface area contributed by atoms with E-state index in [0.717, 1.165) is 31.4 Å². The number of ether oxygens (including phenoxy) is 1. The molecule has 1 heterocycles. The lowest BCUT2D eigenvalue weighted by Crippen LogP contribution is -2.50. The van der Waals surface area contributed by atoms with Gasteiger partial charge >= 0.3 is 0 Å². The van der Waals surface area contributed by atoms with E-state index >= 15 is 0 Å². The van der Waals surface area contributed by atoms with Crippen LogP contribution in [0.5, 0.6) is 5.75 Å². The van der Waals surface area contributed by atoms with Crippen LogP contribution in [0, 0.1) is 23.5 Å². The molecule has 0 saturated heterocycles.